The topological polar surface area (TPSA) is 32.3 Å². The van der Waals surface area contributed by atoms with Gasteiger partial charge in [0.05, 0.1) is 5.02 Å². The monoisotopic (exact) mass is 211 g/mol. The van der Waals surface area contributed by atoms with E-state index in [1.165, 1.54) is 12.8 Å². The van der Waals surface area contributed by atoms with Crippen LogP contribution < -0.4 is 5.32 Å². The summed E-state index contributed by atoms with van der Waals surface area (Å²) >= 11 is 5.84. The third kappa shape index (κ3) is 1.72. The molecule has 0 radical (unpaired) electrons. The normalized spacial score (nSPS) is 18.1. The summed E-state index contributed by atoms with van der Waals surface area (Å²) in [5.41, 5.74) is 1.15. The zero-order chi connectivity index (χ0) is 10.2. The zero-order valence-corrected chi connectivity index (χ0v) is 8.93. The fraction of sp³-hybridized carbons (Fsp3) is 0.455. The predicted octanol–water partition coefficient (Wildman–Crippen LogP) is 2.34. The molecule has 2 nitrogen and oxygen atoms in total. The molecule has 3 heteroatoms. The van der Waals surface area contributed by atoms with E-state index in [1.807, 2.05) is 19.2 Å². The van der Waals surface area contributed by atoms with Crippen LogP contribution in [0.25, 0.3) is 0 Å². The van der Waals surface area contributed by atoms with E-state index in [-0.39, 0.29) is 11.3 Å². The van der Waals surface area contributed by atoms with E-state index >= 15 is 0 Å². The van der Waals surface area contributed by atoms with Crippen molar-refractivity contribution in [1.29, 1.82) is 0 Å². The van der Waals surface area contributed by atoms with Crippen LogP contribution in [0.15, 0.2) is 18.2 Å². The molecule has 1 aromatic rings. The molecule has 14 heavy (non-hydrogen) atoms. The summed E-state index contributed by atoms with van der Waals surface area (Å²) in [6.45, 7) is 0. The molecule has 0 aromatic heterocycles. The van der Waals surface area contributed by atoms with Gasteiger partial charge in [0.15, 0.2) is 0 Å². The molecule has 2 N–H and O–H groups in total. The first kappa shape index (κ1) is 9.81. The Kier molecular flexibility index (Phi) is 2.41. The minimum atomic E-state index is 0.210. The zero-order valence-electron chi connectivity index (χ0n) is 8.18. The third-order valence-corrected chi connectivity index (χ3v) is 3.29. The number of rotatable bonds is 3. The second kappa shape index (κ2) is 3.44. The number of halogens is 1. The molecule has 0 spiro atoms. The van der Waals surface area contributed by atoms with Crippen LogP contribution in [0, 0.1) is 0 Å². The Balaban J connectivity index is 2.21. The van der Waals surface area contributed by atoms with Gasteiger partial charge in [-0.2, -0.15) is 0 Å². The number of aromatic hydroxyl groups is 1. The number of para-hydroxylation sites is 1. The van der Waals surface area contributed by atoms with E-state index in [0.717, 1.165) is 12.0 Å². The molecule has 0 saturated heterocycles. The van der Waals surface area contributed by atoms with Gasteiger partial charge < -0.3 is 10.4 Å². The quantitative estimate of drug-likeness (QED) is 0.805. The van der Waals surface area contributed by atoms with Crippen molar-refractivity contribution in [2.24, 2.45) is 0 Å². The molecule has 0 unspecified atom stereocenters. The Morgan fingerprint density at radius 2 is 2.21 bits per heavy atom. The van der Waals surface area contributed by atoms with Gasteiger partial charge in [0, 0.05) is 5.54 Å². The first-order chi connectivity index (χ1) is 6.67. The maximum Gasteiger partial charge on any atom is 0.137 e. The Hall–Kier alpha value is -0.730. The van der Waals surface area contributed by atoms with Gasteiger partial charge in [-0.05, 0) is 37.9 Å². The van der Waals surface area contributed by atoms with Crippen molar-refractivity contribution in [3.05, 3.63) is 28.8 Å². The van der Waals surface area contributed by atoms with Gasteiger partial charge >= 0.3 is 0 Å². The van der Waals surface area contributed by atoms with Crippen molar-refractivity contribution in [3.8, 4) is 5.75 Å². The number of hydrogen-bond donors (Lipinski definition) is 2. The summed E-state index contributed by atoms with van der Waals surface area (Å²) in [6, 6.07) is 5.51. The van der Waals surface area contributed by atoms with Crippen molar-refractivity contribution in [2.45, 2.75) is 24.8 Å². The lowest BCUT2D eigenvalue weighted by Gasteiger charge is -2.15. The molecule has 1 saturated carbocycles. The molecular formula is C11H14ClNO. The van der Waals surface area contributed by atoms with Crippen molar-refractivity contribution in [3.63, 3.8) is 0 Å². The van der Waals surface area contributed by atoms with Gasteiger partial charge in [-0.3, -0.25) is 0 Å². The van der Waals surface area contributed by atoms with Crippen LogP contribution in [0.1, 0.15) is 18.4 Å². The maximum absolute atomic E-state index is 9.72. The number of benzene rings is 1. The van der Waals surface area contributed by atoms with E-state index in [9.17, 15) is 5.11 Å². The Bertz CT molecular complexity index is 347. The summed E-state index contributed by atoms with van der Waals surface area (Å²) in [5, 5.41) is 13.5. The lowest BCUT2D eigenvalue weighted by atomic mass is 10.0. The molecule has 2 rings (SSSR count). The van der Waals surface area contributed by atoms with Gasteiger partial charge in [0.25, 0.3) is 0 Å². The molecule has 1 fully saturated rings. The fourth-order valence-corrected chi connectivity index (χ4v) is 1.93. The fourth-order valence-electron chi connectivity index (χ4n) is 1.73. The maximum atomic E-state index is 9.72. The number of phenols is 1. The highest BCUT2D eigenvalue weighted by Gasteiger charge is 2.41. The van der Waals surface area contributed by atoms with Gasteiger partial charge in [0.2, 0.25) is 0 Å². The molecule has 0 amide bonds. The predicted molar refractivity (Wildman–Crippen MR) is 57.8 cm³/mol. The second-order valence-electron chi connectivity index (χ2n) is 3.95. The minimum Gasteiger partial charge on any atom is -0.506 e. The standard InChI is InChI=1S/C11H14ClNO/c1-13-11(5-6-11)7-8-3-2-4-9(12)10(8)14/h2-4,13-14H,5-7H2,1H3. The molecule has 0 aliphatic heterocycles. The van der Waals surface area contributed by atoms with Crippen LogP contribution in [0.5, 0.6) is 5.75 Å². The van der Waals surface area contributed by atoms with Crippen LogP contribution in [0.4, 0.5) is 0 Å². The number of nitrogens with one attached hydrogen (secondary N) is 1. The van der Waals surface area contributed by atoms with E-state index in [0.29, 0.717) is 5.02 Å². The van der Waals surface area contributed by atoms with E-state index in [1.54, 1.807) is 6.07 Å². The molecule has 1 aliphatic rings. The van der Waals surface area contributed by atoms with Gasteiger partial charge in [0.1, 0.15) is 5.75 Å². The summed E-state index contributed by atoms with van der Waals surface area (Å²) in [7, 11) is 1.97. The third-order valence-electron chi connectivity index (χ3n) is 2.98. The van der Waals surface area contributed by atoms with Crippen molar-refractivity contribution >= 4 is 11.6 Å². The molecule has 0 heterocycles. The minimum absolute atomic E-state index is 0.210. The highest BCUT2D eigenvalue weighted by Crippen LogP contribution is 2.40. The number of likely N-dealkylation sites (N-methyl/N-ethyl adjacent to an activating group) is 1. The second-order valence-corrected chi connectivity index (χ2v) is 4.36. The van der Waals surface area contributed by atoms with Crippen LogP contribution in [0.2, 0.25) is 5.02 Å². The van der Waals surface area contributed by atoms with Crippen LogP contribution in [0.3, 0.4) is 0 Å². The highest BCUT2D eigenvalue weighted by atomic mass is 35.5. The van der Waals surface area contributed by atoms with Crippen LogP contribution >= 0.6 is 11.6 Å². The lowest BCUT2D eigenvalue weighted by Crippen LogP contribution is -2.29. The van der Waals surface area contributed by atoms with Gasteiger partial charge in [-0.1, -0.05) is 23.7 Å². The van der Waals surface area contributed by atoms with Gasteiger partial charge in [-0.15, -0.1) is 0 Å². The SMILES string of the molecule is CNC1(Cc2cccc(Cl)c2O)CC1. The summed E-state index contributed by atoms with van der Waals surface area (Å²) in [5.74, 6) is 0.232. The molecule has 0 bridgehead atoms. The van der Waals surface area contributed by atoms with Crippen molar-refractivity contribution in [2.75, 3.05) is 7.05 Å². The molecule has 1 aliphatic carbocycles. The molecule has 1 aromatic carbocycles. The average molecular weight is 212 g/mol. The molecular weight excluding hydrogens is 198 g/mol. The molecule has 0 atom stereocenters. The largest absolute Gasteiger partial charge is 0.506 e. The Morgan fingerprint density at radius 1 is 1.50 bits per heavy atom. The van der Waals surface area contributed by atoms with E-state index < -0.39 is 0 Å². The smallest absolute Gasteiger partial charge is 0.137 e. The van der Waals surface area contributed by atoms with E-state index in [2.05, 4.69) is 5.32 Å². The summed E-state index contributed by atoms with van der Waals surface area (Å²) < 4.78 is 0. The number of hydrogen-bond acceptors (Lipinski definition) is 2. The molecule has 76 valence electrons. The van der Waals surface area contributed by atoms with Crippen molar-refractivity contribution < 1.29 is 5.11 Å². The summed E-state index contributed by atoms with van der Waals surface area (Å²) in [4.78, 5) is 0. The Labute approximate surface area is 88.9 Å². The average Bonchev–Trinajstić information content (AvgIpc) is 2.94. The summed E-state index contributed by atoms with van der Waals surface area (Å²) in [6.07, 6.45) is 3.21. The van der Waals surface area contributed by atoms with Gasteiger partial charge in [-0.25, -0.2) is 0 Å². The Morgan fingerprint density at radius 3 is 2.79 bits per heavy atom. The number of phenolic OH excluding ortho intramolecular Hbond substituents is 1. The van der Waals surface area contributed by atoms with Crippen LogP contribution in [-0.4, -0.2) is 17.7 Å². The van der Waals surface area contributed by atoms with E-state index in [4.69, 9.17) is 11.6 Å². The lowest BCUT2D eigenvalue weighted by molar-refractivity contribution is 0.457. The van der Waals surface area contributed by atoms with Crippen molar-refractivity contribution in [1.82, 2.24) is 5.32 Å². The first-order valence-electron chi connectivity index (χ1n) is 4.82. The highest BCUT2D eigenvalue weighted by molar-refractivity contribution is 6.32. The van der Waals surface area contributed by atoms with Crippen LogP contribution in [-0.2, 0) is 6.42 Å². The first-order valence-corrected chi connectivity index (χ1v) is 5.20.